The number of imide groups is 1. The normalized spacial score (nSPS) is 16.2. The molecule has 5 aromatic rings. The van der Waals surface area contributed by atoms with Crippen LogP contribution in [0.15, 0.2) is 79.3 Å². The number of amides is 3. The third kappa shape index (κ3) is 6.83. The summed E-state index contributed by atoms with van der Waals surface area (Å²) in [7, 11) is 0. The summed E-state index contributed by atoms with van der Waals surface area (Å²) in [6.45, 7) is 1.77. The number of ether oxygens (including phenoxy) is 3. The number of rotatable bonds is 11. The van der Waals surface area contributed by atoms with Crippen molar-refractivity contribution in [2.24, 2.45) is 0 Å². The molecule has 5 heterocycles. The van der Waals surface area contributed by atoms with E-state index in [4.69, 9.17) is 19.2 Å². The highest BCUT2D eigenvalue weighted by molar-refractivity contribution is 7.21. The standard InChI is InChI=1S/C35H31N5O6S/c41-32-5-1-4-30(33(42)39-32)40-21-24-17-25(7-9-27(24)35(40)43)45-15-13-44-14-16-46-26-8-11-28-31(18-26)47-34(38-28)29-10-6-23(20-37-29)22-3-2-12-36-19-22/h2-3,6-12,17-20,30H,1,4-5,13-16,21H2,(H,39,41,42). The SMILES string of the molecule is O=C1CCCC(N2Cc3cc(OCCOCCOc4ccc5nc(-c6ccc(-c7cccnc7)cn6)sc5c4)ccc3C2=O)C(=O)N1. The molecule has 12 heteroatoms. The number of pyridine rings is 2. The number of hydrogen-bond donors (Lipinski definition) is 1. The zero-order chi connectivity index (χ0) is 32.2. The van der Waals surface area contributed by atoms with Gasteiger partial charge < -0.3 is 19.1 Å². The van der Waals surface area contributed by atoms with Crippen LogP contribution in [0.3, 0.4) is 0 Å². The molecule has 0 spiro atoms. The number of benzene rings is 2. The van der Waals surface area contributed by atoms with E-state index in [1.165, 1.54) is 4.90 Å². The van der Waals surface area contributed by atoms with Crippen LogP contribution in [0.1, 0.15) is 35.2 Å². The Kier molecular flexibility index (Phi) is 8.85. The minimum absolute atomic E-state index is 0.205. The van der Waals surface area contributed by atoms with Gasteiger partial charge in [0.25, 0.3) is 5.91 Å². The van der Waals surface area contributed by atoms with Crippen LogP contribution in [0.2, 0.25) is 0 Å². The van der Waals surface area contributed by atoms with E-state index in [2.05, 4.69) is 15.3 Å². The van der Waals surface area contributed by atoms with Crippen molar-refractivity contribution in [3.63, 3.8) is 0 Å². The summed E-state index contributed by atoms with van der Waals surface area (Å²) in [6, 6.07) is 18.4. The highest BCUT2D eigenvalue weighted by atomic mass is 32.1. The minimum Gasteiger partial charge on any atom is -0.491 e. The van der Waals surface area contributed by atoms with Crippen LogP contribution >= 0.6 is 11.3 Å². The quantitative estimate of drug-likeness (QED) is 0.154. The lowest BCUT2D eigenvalue weighted by Crippen LogP contribution is -2.46. The maximum atomic E-state index is 13.0. The molecule has 238 valence electrons. The summed E-state index contributed by atoms with van der Waals surface area (Å²) >= 11 is 1.57. The van der Waals surface area contributed by atoms with Crippen molar-refractivity contribution < 1.29 is 28.6 Å². The topological polar surface area (TPSA) is 133 Å². The number of nitrogens with one attached hydrogen (secondary N) is 1. The molecule has 1 atom stereocenters. The molecule has 1 fully saturated rings. The van der Waals surface area contributed by atoms with Gasteiger partial charge >= 0.3 is 0 Å². The fraction of sp³-hybridized carbons (Fsp3) is 0.257. The minimum atomic E-state index is -0.651. The average molecular weight is 650 g/mol. The molecule has 1 N–H and O–H groups in total. The molecule has 2 aliphatic heterocycles. The fourth-order valence-electron chi connectivity index (χ4n) is 5.70. The smallest absolute Gasteiger partial charge is 0.255 e. The summed E-state index contributed by atoms with van der Waals surface area (Å²) in [6.07, 6.45) is 6.72. The largest absolute Gasteiger partial charge is 0.491 e. The van der Waals surface area contributed by atoms with Crippen molar-refractivity contribution in [1.82, 2.24) is 25.2 Å². The molecule has 7 rings (SSSR count). The molecule has 3 aromatic heterocycles. The Labute approximate surface area is 274 Å². The molecule has 11 nitrogen and oxygen atoms in total. The number of fused-ring (bicyclic) bond motifs is 2. The Morgan fingerprint density at radius 1 is 0.894 bits per heavy atom. The van der Waals surface area contributed by atoms with E-state index in [1.54, 1.807) is 29.7 Å². The Morgan fingerprint density at radius 2 is 1.70 bits per heavy atom. The highest BCUT2D eigenvalue weighted by Gasteiger charge is 2.38. The third-order valence-corrected chi connectivity index (χ3v) is 9.10. The Balaban J connectivity index is 0.853. The van der Waals surface area contributed by atoms with E-state index in [1.807, 2.05) is 60.9 Å². The lowest BCUT2D eigenvalue weighted by atomic mass is 10.1. The van der Waals surface area contributed by atoms with Crippen molar-refractivity contribution >= 4 is 39.3 Å². The average Bonchev–Trinajstić information content (AvgIpc) is 3.61. The predicted molar refractivity (Wildman–Crippen MR) is 175 cm³/mol. The van der Waals surface area contributed by atoms with Crippen LogP contribution in [-0.2, 0) is 20.9 Å². The molecule has 0 radical (unpaired) electrons. The molecule has 0 bridgehead atoms. The summed E-state index contributed by atoms with van der Waals surface area (Å²) < 4.78 is 18.5. The van der Waals surface area contributed by atoms with Gasteiger partial charge in [0.15, 0.2) is 0 Å². The summed E-state index contributed by atoms with van der Waals surface area (Å²) in [5, 5.41) is 3.22. The van der Waals surface area contributed by atoms with Gasteiger partial charge in [0, 0.05) is 48.2 Å². The number of hydrogen-bond acceptors (Lipinski definition) is 10. The molecule has 47 heavy (non-hydrogen) atoms. The Hall–Kier alpha value is -5.20. The van der Waals surface area contributed by atoms with Crippen LogP contribution in [0, 0.1) is 0 Å². The predicted octanol–water partition coefficient (Wildman–Crippen LogP) is 5.05. The van der Waals surface area contributed by atoms with Crippen molar-refractivity contribution in [2.75, 3.05) is 26.4 Å². The maximum absolute atomic E-state index is 13.0. The van der Waals surface area contributed by atoms with Gasteiger partial charge in [0.1, 0.15) is 35.8 Å². The van der Waals surface area contributed by atoms with Crippen LogP contribution in [0.4, 0.5) is 0 Å². The van der Waals surface area contributed by atoms with Crippen molar-refractivity contribution in [3.8, 4) is 33.3 Å². The van der Waals surface area contributed by atoms with Crippen LogP contribution in [0.25, 0.3) is 32.0 Å². The second-order valence-electron chi connectivity index (χ2n) is 11.2. The van der Waals surface area contributed by atoms with Gasteiger partial charge in [-0.2, -0.15) is 0 Å². The lowest BCUT2D eigenvalue weighted by molar-refractivity contribution is -0.132. The van der Waals surface area contributed by atoms with E-state index >= 15 is 0 Å². The first-order chi connectivity index (χ1) is 23.0. The summed E-state index contributed by atoms with van der Waals surface area (Å²) in [4.78, 5) is 52.2. The molecule has 0 aliphatic carbocycles. The van der Waals surface area contributed by atoms with E-state index in [9.17, 15) is 14.4 Å². The number of nitrogens with zero attached hydrogens (tertiary/aromatic N) is 4. The van der Waals surface area contributed by atoms with E-state index in [0.717, 1.165) is 43.4 Å². The van der Waals surface area contributed by atoms with Crippen LogP contribution in [0.5, 0.6) is 11.5 Å². The highest BCUT2D eigenvalue weighted by Crippen LogP contribution is 2.33. The fourth-order valence-corrected chi connectivity index (χ4v) is 6.67. The Morgan fingerprint density at radius 3 is 2.49 bits per heavy atom. The van der Waals surface area contributed by atoms with E-state index < -0.39 is 11.9 Å². The van der Waals surface area contributed by atoms with Gasteiger partial charge in [0.2, 0.25) is 11.8 Å². The zero-order valence-electron chi connectivity index (χ0n) is 25.4. The maximum Gasteiger partial charge on any atom is 0.255 e. The molecule has 1 saturated heterocycles. The first kappa shape index (κ1) is 30.5. The van der Waals surface area contributed by atoms with E-state index in [-0.39, 0.29) is 18.2 Å². The molecular weight excluding hydrogens is 618 g/mol. The van der Waals surface area contributed by atoms with Gasteiger partial charge in [-0.05, 0) is 66.9 Å². The monoisotopic (exact) mass is 649 g/mol. The van der Waals surface area contributed by atoms with Crippen molar-refractivity contribution in [3.05, 3.63) is 90.4 Å². The molecule has 1 unspecified atom stereocenters. The second-order valence-corrected chi connectivity index (χ2v) is 12.2. The number of aromatic nitrogens is 3. The lowest BCUT2D eigenvalue weighted by Gasteiger charge is -2.24. The van der Waals surface area contributed by atoms with Crippen molar-refractivity contribution in [1.29, 1.82) is 0 Å². The zero-order valence-corrected chi connectivity index (χ0v) is 26.2. The molecule has 3 amide bonds. The molecule has 2 aromatic carbocycles. The van der Waals surface area contributed by atoms with Crippen molar-refractivity contribution in [2.45, 2.75) is 31.8 Å². The molecule has 2 aliphatic rings. The Bertz CT molecular complexity index is 1930. The third-order valence-electron chi connectivity index (χ3n) is 8.06. The van der Waals surface area contributed by atoms with Gasteiger partial charge in [-0.1, -0.05) is 12.1 Å². The van der Waals surface area contributed by atoms with Crippen LogP contribution < -0.4 is 14.8 Å². The number of carbonyl (C=O) groups is 3. The van der Waals surface area contributed by atoms with Crippen LogP contribution in [-0.4, -0.2) is 70.0 Å². The van der Waals surface area contributed by atoms with E-state index in [0.29, 0.717) is 57.1 Å². The first-order valence-corrected chi connectivity index (χ1v) is 16.2. The number of carbonyl (C=O) groups excluding carboxylic acids is 3. The van der Waals surface area contributed by atoms with Gasteiger partial charge in [-0.3, -0.25) is 29.7 Å². The molecular formula is C35H31N5O6S. The van der Waals surface area contributed by atoms with Gasteiger partial charge in [-0.15, -0.1) is 11.3 Å². The first-order valence-electron chi connectivity index (χ1n) is 15.4. The van der Waals surface area contributed by atoms with Gasteiger partial charge in [0.05, 0.1) is 29.1 Å². The van der Waals surface area contributed by atoms with Gasteiger partial charge in [-0.25, -0.2) is 4.98 Å². The summed E-state index contributed by atoms with van der Waals surface area (Å²) in [5.41, 5.74) is 5.07. The number of thiazole rings is 1. The summed E-state index contributed by atoms with van der Waals surface area (Å²) in [5.74, 6) is 0.443. The second kappa shape index (κ2) is 13.7. The molecule has 0 saturated carbocycles.